The lowest BCUT2D eigenvalue weighted by molar-refractivity contribution is 0.253. The van der Waals surface area contributed by atoms with E-state index in [-0.39, 0.29) is 0 Å². The van der Waals surface area contributed by atoms with E-state index in [2.05, 4.69) is 24.0 Å². The molecule has 1 saturated carbocycles. The van der Waals surface area contributed by atoms with Crippen LogP contribution >= 0.6 is 11.8 Å². The zero-order valence-corrected chi connectivity index (χ0v) is 9.46. The molecule has 1 nitrogen and oxygen atoms in total. The van der Waals surface area contributed by atoms with Crippen molar-refractivity contribution in [1.82, 2.24) is 5.32 Å². The quantitative estimate of drug-likeness (QED) is 0.697. The first-order valence-electron chi connectivity index (χ1n) is 5.70. The lowest BCUT2D eigenvalue weighted by Gasteiger charge is -2.42. The smallest absolute Gasteiger partial charge is 0.0645 e. The minimum absolute atomic E-state index is 0.415. The molecule has 0 aromatic carbocycles. The second kappa shape index (κ2) is 4.22. The van der Waals surface area contributed by atoms with Crippen LogP contribution in [0.1, 0.15) is 45.4 Å². The molecule has 76 valence electrons. The molecule has 0 aromatic heterocycles. The maximum atomic E-state index is 3.73. The molecule has 2 aliphatic rings. The summed E-state index contributed by atoms with van der Waals surface area (Å²) in [4.78, 5) is 0.415. The third kappa shape index (κ3) is 2.21. The molecule has 13 heavy (non-hydrogen) atoms. The maximum absolute atomic E-state index is 3.73. The van der Waals surface area contributed by atoms with Crippen LogP contribution in [0.4, 0.5) is 0 Å². The van der Waals surface area contributed by atoms with Crippen LogP contribution in [0.3, 0.4) is 0 Å². The van der Waals surface area contributed by atoms with E-state index in [0.29, 0.717) is 4.87 Å². The largest absolute Gasteiger partial charge is 0.303 e. The molecule has 1 N–H and O–H groups in total. The van der Waals surface area contributed by atoms with Gasteiger partial charge in [-0.3, -0.25) is 0 Å². The third-order valence-corrected chi connectivity index (χ3v) is 5.15. The Morgan fingerprint density at radius 3 is 2.54 bits per heavy atom. The second-order valence-corrected chi connectivity index (χ2v) is 6.12. The highest BCUT2D eigenvalue weighted by Crippen LogP contribution is 2.41. The van der Waals surface area contributed by atoms with Gasteiger partial charge in [0, 0.05) is 0 Å². The highest BCUT2D eigenvalue weighted by molar-refractivity contribution is 8.00. The van der Waals surface area contributed by atoms with E-state index in [1.54, 1.807) is 0 Å². The van der Waals surface area contributed by atoms with Crippen LogP contribution in [-0.4, -0.2) is 17.2 Å². The minimum atomic E-state index is 0.415. The normalized spacial score (nSPS) is 37.6. The van der Waals surface area contributed by atoms with E-state index in [0.717, 1.165) is 5.92 Å². The second-order valence-electron chi connectivity index (χ2n) is 4.57. The maximum Gasteiger partial charge on any atom is 0.0645 e. The fourth-order valence-corrected chi connectivity index (χ4v) is 4.05. The average molecular weight is 199 g/mol. The van der Waals surface area contributed by atoms with Crippen LogP contribution in [0.25, 0.3) is 0 Å². The number of nitrogens with one attached hydrogen (secondary N) is 1. The third-order valence-electron chi connectivity index (χ3n) is 3.58. The molecule has 0 radical (unpaired) electrons. The zero-order valence-electron chi connectivity index (χ0n) is 8.64. The summed E-state index contributed by atoms with van der Waals surface area (Å²) in [5, 5.41) is 3.73. The molecule has 0 bridgehead atoms. The van der Waals surface area contributed by atoms with E-state index in [4.69, 9.17) is 0 Å². The first-order valence-corrected chi connectivity index (χ1v) is 6.69. The summed E-state index contributed by atoms with van der Waals surface area (Å²) in [7, 11) is 0. The Labute approximate surface area is 86.0 Å². The molecule has 1 atom stereocenters. The number of hydrogen-bond donors (Lipinski definition) is 1. The van der Waals surface area contributed by atoms with Crippen molar-refractivity contribution in [3.63, 3.8) is 0 Å². The molecule has 1 heterocycles. The molecule has 2 heteroatoms. The SMILES string of the molecule is CC1(C2CCCCC2)NCCCS1. The molecule has 1 aliphatic carbocycles. The van der Waals surface area contributed by atoms with Crippen molar-refractivity contribution in [3.05, 3.63) is 0 Å². The van der Waals surface area contributed by atoms with Crippen molar-refractivity contribution in [2.45, 2.75) is 50.3 Å². The topological polar surface area (TPSA) is 12.0 Å². The van der Waals surface area contributed by atoms with Crippen molar-refractivity contribution in [1.29, 1.82) is 0 Å². The van der Waals surface area contributed by atoms with Gasteiger partial charge in [0.25, 0.3) is 0 Å². The Bertz CT molecular complexity index is 157. The first kappa shape index (κ1) is 9.85. The average Bonchev–Trinajstić information content (AvgIpc) is 2.20. The van der Waals surface area contributed by atoms with Gasteiger partial charge in [0.1, 0.15) is 0 Å². The summed E-state index contributed by atoms with van der Waals surface area (Å²) in [5.41, 5.74) is 0. The van der Waals surface area contributed by atoms with Gasteiger partial charge in [-0.15, -0.1) is 11.8 Å². The van der Waals surface area contributed by atoms with E-state index in [1.165, 1.54) is 50.8 Å². The van der Waals surface area contributed by atoms with Crippen LogP contribution in [0, 0.1) is 5.92 Å². The predicted molar refractivity (Wildman–Crippen MR) is 60.1 cm³/mol. The molecule has 0 aromatic rings. The molecular weight excluding hydrogens is 178 g/mol. The molecule has 1 saturated heterocycles. The van der Waals surface area contributed by atoms with Crippen molar-refractivity contribution >= 4 is 11.8 Å². The molecule has 2 fully saturated rings. The Morgan fingerprint density at radius 1 is 1.15 bits per heavy atom. The lowest BCUT2D eigenvalue weighted by Crippen LogP contribution is -2.49. The Kier molecular flexibility index (Phi) is 3.20. The number of rotatable bonds is 1. The van der Waals surface area contributed by atoms with Crippen molar-refractivity contribution in [3.8, 4) is 0 Å². The van der Waals surface area contributed by atoms with Crippen LogP contribution < -0.4 is 5.32 Å². The summed E-state index contributed by atoms with van der Waals surface area (Å²) >= 11 is 2.16. The summed E-state index contributed by atoms with van der Waals surface area (Å²) in [5.74, 6) is 2.30. The standard InChI is InChI=1S/C11H21NS/c1-11(12-8-5-9-13-11)10-6-3-2-4-7-10/h10,12H,2-9H2,1H3. The lowest BCUT2D eigenvalue weighted by atomic mass is 9.84. The van der Waals surface area contributed by atoms with E-state index in [1.807, 2.05) is 0 Å². The van der Waals surface area contributed by atoms with Crippen molar-refractivity contribution in [2.24, 2.45) is 5.92 Å². The Hall–Kier alpha value is 0.310. The Balaban J connectivity index is 1.94. The van der Waals surface area contributed by atoms with Gasteiger partial charge in [0.15, 0.2) is 0 Å². The van der Waals surface area contributed by atoms with E-state index in [9.17, 15) is 0 Å². The van der Waals surface area contributed by atoms with E-state index >= 15 is 0 Å². The van der Waals surface area contributed by atoms with Crippen LogP contribution in [0.5, 0.6) is 0 Å². The molecule has 0 amide bonds. The summed E-state index contributed by atoms with van der Waals surface area (Å²) in [6.45, 7) is 3.66. The summed E-state index contributed by atoms with van der Waals surface area (Å²) in [6.07, 6.45) is 8.65. The number of hydrogen-bond acceptors (Lipinski definition) is 2. The monoisotopic (exact) mass is 199 g/mol. The van der Waals surface area contributed by atoms with Crippen LogP contribution in [0.2, 0.25) is 0 Å². The van der Waals surface area contributed by atoms with Gasteiger partial charge in [0.05, 0.1) is 4.87 Å². The molecular formula is C11H21NS. The van der Waals surface area contributed by atoms with Crippen LogP contribution in [-0.2, 0) is 0 Å². The van der Waals surface area contributed by atoms with Gasteiger partial charge in [-0.05, 0) is 44.4 Å². The molecule has 1 aliphatic heterocycles. The highest BCUT2D eigenvalue weighted by Gasteiger charge is 2.36. The van der Waals surface area contributed by atoms with Gasteiger partial charge in [-0.25, -0.2) is 0 Å². The predicted octanol–water partition coefficient (Wildman–Crippen LogP) is 3.01. The summed E-state index contributed by atoms with van der Waals surface area (Å²) < 4.78 is 0. The first-order chi connectivity index (χ1) is 6.31. The van der Waals surface area contributed by atoms with E-state index < -0.39 is 0 Å². The molecule has 1 unspecified atom stereocenters. The highest BCUT2D eigenvalue weighted by atomic mass is 32.2. The van der Waals surface area contributed by atoms with Gasteiger partial charge in [0.2, 0.25) is 0 Å². The Morgan fingerprint density at radius 2 is 1.92 bits per heavy atom. The molecule has 2 rings (SSSR count). The van der Waals surface area contributed by atoms with Gasteiger partial charge >= 0.3 is 0 Å². The van der Waals surface area contributed by atoms with Crippen LogP contribution in [0.15, 0.2) is 0 Å². The fraction of sp³-hybridized carbons (Fsp3) is 1.00. The van der Waals surface area contributed by atoms with Gasteiger partial charge < -0.3 is 5.32 Å². The van der Waals surface area contributed by atoms with Crippen molar-refractivity contribution < 1.29 is 0 Å². The fourth-order valence-electron chi connectivity index (χ4n) is 2.66. The number of thioether (sulfide) groups is 1. The zero-order chi connectivity index (χ0) is 9.15. The minimum Gasteiger partial charge on any atom is -0.303 e. The summed E-state index contributed by atoms with van der Waals surface area (Å²) in [6, 6.07) is 0. The van der Waals surface area contributed by atoms with Gasteiger partial charge in [-0.1, -0.05) is 19.3 Å². The van der Waals surface area contributed by atoms with Crippen molar-refractivity contribution in [2.75, 3.05) is 12.3 Å². The molecule has 0 spiro atoms. The van der Waals surface area contributed by atoms with Gasteiger partial charge in [-0.2, -0.15) is 0 Å².